The van der Waals surface area contributed by atoms with Gasteiger partial charge < -0.3 is 5.32 Å². The summed E-state index contributed by atoms with van der Waals surface area (Å²) in [5, 5.41) is 11.5. The molecule has 0 saturated heterocycles. The van der Waals surface area contributed by atoms with Crippen LogP contribution < -0.4 is 10.0 Å². The van der Waals surface area contributed by atoms with Gasteiger partial charge in [-0.1, -0.05) is 31.5 Å². The Morgan fingerprint density at radius 2 is 1.82 bits per heavy atom. The molecule has 0 bridgehead atoms. The summed E-state index contributed by atoms with van der Waals surface area (Å²) in [4.78, 5) is 12.7. The molecule has 6 nitrogen and oxygen atoms in total. The maximum Gasteiger partial charge on any atom is 0.242 e. The lowest BCUT2D eigenvalue weighted by molar-refractivity contribution is -0.118. The number of hydrogen-bond acceptors (Lipinski definition) is 4. The highest BCUT2D eigenvalue weighted by atomic mass is 32.2. The van der Waals surface area contributed by atoms with E-state index in [1.807, 2.05) is 20.8 Å². The fraction of sp³-hybridized carbons (Fsp3) is 0.300. The Bertz CT molecular complexity index is 996. The maximum absolute atomic E-state index is 13.4. The Hall–Kier alpha value is -2.76. The van der Waals surface area contributed by atoms with Crippen LogP contribution in [0.15, 0.2) is 47.4 Å². The molecule has 0 aliphatic rings. The van der Waals surface area contributed by atoms with Gasteiger partial charge in [-0.2, -0.15) is 9.98 Å². The van der Waals surface area contributed by atoms with Crippen LogP contribution >= 0.6 is 0 Å². The maximum atomic E-state index is 13.4. The summed E-state index contributed by atoms with van der Waals surface area (Å²) in [5.41, 5.74) is 0.921. The van der Waals surface area contributed by atoms with Crippen molar-refractivity contribution in [2.75, 3.05) is 5.32 Å². The molecule has 0 aromatic heterocycles. The molecule has 28 heavy (non-hydrogen) atoms. The zero-order valence-corrected chi connectivity index (χ0v) is 16.7. The molecule has 0 fully saturated rings. The first-order valence-corrected chi connectivity index (χ1v) is 10.2. The Kier molecular flexibility index (Phi) is 6.89. The molecule has 1 atom stereocenters. The van der Waals surface area contributed by atoms with E-state index in [-0.39, 0.29) is 28.5 Å². The summed E-state index contributed by atoms with van der Waals surface area (Å²) in [6.07, 6.45) is 0.267. The summed E-state index contributed by atoms with van der Waals surface area (Å²) in [6, 6.07) is 10.6. The SMILES string of the molecule is Cc1ccc(S(=O)(=O)NC(CC(C)C)C(=O)Nc2ccc(F)c(C#N)c2)cc1. The molecule has 148 valence electrons. The molecule has 2 aromatic rings. The molecular weight excluding hydrogens is 381 g/mol. The average molecular weight is 403 g/mol. The van der Waals surface area contributed by atoms with Crippen molar-refractivity contribution in [3.05, 3.63) is 59.4 Å². The molecule has 0 aliphatic heterocycles. The van der Waals surface area contributed by atoms with Gasteiger partial charge in [0.05, 0.1) is 10.5 Å². The van der Waals surface area contributed by atoms with Crippen LogP contribution in [0.2, 0.25) is 0 Å². The lowest BCUT2D eigenvalue weighted by Crippen LogP contribution is -2.44. The van der Waals surface area contributed by atoms with Gasteiger partial charge in [-0.05, 0) is 49.6 Å². The van der Waals surface area contributed by atoms with Crippen molar-refractivity contribution in [3.63, 3.8) is 0 Å². The number of rotatable bonds is 7. The first-order valence-electron chi connectivity index (χ1n) is 8.72. The quantitative estimate of drug-likeness (QED) is 0.741. The number of amides is 1. The van der Waals surface area contributed by atoms with Crippen molar-refractivity contribution in [2.45, 2.75) is 38.1 Å². The summed E-state index contributed by atoms with van der Waals surface area (Å²) in [6.45, 7) is 5.58. The molecule has 0 radical (unpaired) electrons. The van der Waals surface area contributed by atoms with Crippen molar-refractivity contribution < 1.29 is 17.6 Å². The number of benzene rings is 2. The number of hydrogen-bond donors (Lipinski definition) is 2. The topological polar surface area (TPSA) is 99.1 Å². The number of nitrogens with zero attached hydrogens (tertiary/aromatic N) is 1. The molecule has 8 heteroatoms. The first-order chi connectivity index (χ1) is 13.1. The van der Waals surface area contributed by atoms with E-state index in [0.717, 1.165) is 11.6 Å². The fourth-order valence-electron chi connectivity index (χ4n) is 2.57. The predicted octanol–water partition coefficient (Wildman–Crippen LogP) is 3.34. The van der Waals surface area contributed by atoms with Crippen molar-refractivity contribution in [2.24, 2.45) is 5.92 Å². The lowest BCUT2D eigenvalue weighted by atomic mass is 10.0. The molecule has 1 unspecified atom stereocenters. The van der Waals surface area contributed by atoms with Crippen molar-refractivity contribution in [3.8, 4) is 6.07 Å². The second-order valence-electron chi connectivity index (χ2n) is 6.91. The van der Waals surface area contributed by atoms with Crippen LogP contribution in [0.3, 0.4) is 0 Å². The monoisotopic (exact) mass is 403 g/mol. The van der Waals surface area contributed by atoms with Crippen LogP contribution in [0, 0.1) is 30.0 Å². The molecule has 2 rings (SSSR count). The van der Waals surface area contributed by atoms with E-state index >= 15 is 0 Å². The average Bonchev–Trinajstić information content (AvgIpc) is 2.62. The second-order valence-corrected chi connectivity index (χ2v) is 8.63. The van der Waals surface area contributed by atoms with Gasteiger partial charge >= 0.3 is 0 Å². The minimum absolute atomic E-state index is 0.0411. The van der Waals surface area contributed by atoms with E-state index in [1.165, 1.54) is 24.3 Å². The van der Waals surface area contributed by atoms with Gasteiger partial charge in [0.25, 0.3) is 0 Å². The summed E-state index contributed by atoms with van der Waals surface area (Å²) in [7, 11) is -3.90. The number of halogens is 1. The van der Waals surface area contributed by atoms with Crippen molar-refractivity contribution in [1.82, 2.24) is 4.72 Å². The van der Waals surface area contributed by atoms with Gasteiger partial charge in [0.2, 0.25) is 15.9 Å². The molecule has 1 amide bonds. The third kappa shape index (κ3) is 5.62. The van der Waals surface area contributed by atoms with Crippen LogP contribution in [0.1, 0.15) is 31.4 Å². The highest BCUT2D eigenvalue weighted by molar-refractivity contribution is 7.89. The number of carbonyl (C=O) groups is 1. The van der Waals surface area contributed by atoms with Crippen LogP contribution in [0.25, 0.3) is 0 Å². The summed E-state index contributed by atoms with van der Waals surface area (Å²) in [5.74, 6) is -1.24. The molecule has 0 heterocycles. The molecule has 2 N–H and O–H groups in total. The molecule has 0 aliphatic carbocycles. The van der Waals surface area contributed by atoms with Gasteiger partial charge in [-0.25, -0.2) is 12.8 Å². The van der Waals surface area contributed by atoms with Crippen LogP contribution in [0.5, 0.6) is 0 Å². The predicted molar refractivity (Wildman–Crippen MR) is 104 cm³/mol. The lowest BCUT2D eigenvalue weighted by Gasteiger charge is -2.20. The van der Waals surface area contributed by atoms with Crippen molar-refractivity contribution >= 4 is 21.6 Å². The Labute approximate surface area is 164 Å². The van der Waals surface area contributed by atoms with Gasteiger partial charge in [0.1, 0.15) is 17.9 Å². The van der Waals surface area contributed by atoms with E-state index in [0.29, 0.717) is 0 Å². The van der Waals surface area contributed by atoms with Gasteiger partial charge in [-0.3, -0.25) is 4.79 Å². The van der Waals surface area contributed by atoms with Gasteiger partial charge in [-0.15, -0.1) is 0 Å². The third-order valence-corrected chi connectivity index (χ3v) is 5.49. The minimum atomic E-state index is -3.90. The van der Waals surface area contributed by atoms with Crippen molar-refractivity contribution in [1.29, 1.82) is 5.26 Å². The van der Waals surface area contributed by atoms with Crippen LogP contribution in [0.4, 0.5) is 10.1 Å². The molecule has 0 saturated carbocycles. The minimum Gasteiger partial charge on any atom is -0.325 e. The summed E-state index contributed by atoms with van der Waals surface area (Å²) < 4.78 is 41.2. The van der Waals surface area contributed by atoms with E-state index < -0.39 is 27.8 Å². The normalized spacial score (nSPS) is 12.4. The highest BCUT2D eigenvalue weighted by Gasteiger charge is 2.26. The van der Waals surface area contributed by atoms with E-state index in [2.05, 4.69) is 10.0 Å². The Morgan fingerprint density at radius 1 is 1.18 bits per heavy atom. The smallest absolute Gasteiger partial charge is 0.242 e. The number of anilines is 1. The first kappa shape index (κ1) is 21.5. The van der Waals surface area contributed by atoms with Gasteiger partial charge in [0.15, 0.2) is 0 Å². The Balaban J connectivity index is 2.24. The summed E-state index contributed by atoms with van der Waals surface area (Å²) >= 11 is 0. The zero-order chi connectivity index (χ0) is 20.9. The Morgan fingerprint density at radius 3 is 2.39 bits per heavy atom. The van der Waals surface area contributed by atoms with E-state index in [4.69, 9.17) is 5.26 Å². The van der Waals surface area contributed by atoms with E-state index in [9.17, 15) is 17.6 Å². The van der Waals surface area contributed by atoms with Crippen LogP contribution in [-0.4, -0.2) is 20.4 Å². The number of nitriles is 1. The fourth-order valence-corrected chi connectivity index (χ4v) is 3.78. The van der Waals surface area contributed by atoms with Crippen LogP contribution in [-0.2, 0) is 14.8 Å². The van der Waals surface area contributed by atoms with E-state index in [1.54, 1.807) is 18.2 Å². The molecule has 0 spiro atoms. The highest BCUT2D eigenvalue weighted by Crippen LogP contribution is 2.17. The molecule has 2 aromatic carbocycles. The number of sulfonamides is 1. The molecular formula is C20H22FN3O3S. The number of nitrogens with one attached hydrogen (secondary N) is 2. The third-order valence-electron chi connectivity index (χ3n) is 4.01. The largest absolute Gasteiger partial charge is 0.325 e. The zero-order valence-electron chi connectivity index (χ0n) is 15.9. The van der Waals surface area contributed by atoms with Gasteiger partial charge in [0, 0.05) is 5.69 Å². The number of carbonyl (C=O) groups excluding carboxylic acids is 1. The number of aryl methyl sites for hydroxylation is 1. The standard InChI is InChI=1S/C20H22FN3O3S/c1-13(2)10-19(24-28(26,27)17-7-4-14(3)5-8-17)20(25)23-16-6-9-18(21)15(11-16)12-22/h4-9,11,13,19,24H,10H2,1-3H3,(H,23,25). The second kappa shape index (κ2) is 8.95.